The van der Waals surface area contributed by atoms with Crippen LogP contribution < -0.4 is 31.1 Å². The van der Waals surface area contributed by atoms with Crippen LogP contribution in [0, 0.1) is 13.8 Å². The van der Waals surface area contributed by atoms with Gasteiger partial charge in [-0.05, 0) is 239 Å². The van der Waals surface area contributed by atoms with Gasteiger partial charge in [0.05, 0.1) is 11.4 Å². The minimum atomic E-state index is -0.290. The maximum absolute atomic E-state index is 2.83. The second-order valence-corrected chi connectivity index (χ2v) is 37.6. The molecular weight excluding hydrogens is 1170 g/mol. The highest BCUT2D eigenvalue weighted by Crippen LogP contribution is 2.58. The fourth-order valence-electron chi connectivity index (χ4n) is 17.9. The smallest absolute Gasteiger partial charge is 0.252 e. The first-order valence-electron chi connectivity index (χ1n) is 35.7. The van der Waals surface area contributed by atoms with E-state index in [0.717, 1.165) is 42.7 Å². The van der Waals surface area contributed by atoms with Crippen LogP contribution in [0.2, 0.25) is 0 Å². The van der Waals surface area contributed by atoms with Gasteiger partial charge in [-0.25, -0.2) is 0 Å². The summed E-state index contributed by atoms with van der Waals surface area (Å²) in [6, 6.07) is 62.2. The standard InChI is InChI=1S/C90H102BN3S/c1-53-44-64-66(87(16,17)42-40-85(64,12)13)50-72(53)93-74-52-69-68(89(20,21)62-26-24-25-27-63(62)90(69,22)23)49-71(74)91-70-37-39-78-79(61-46-57(84(9,10)11)32-38-77(61)95-78)81(70)94(73-51-67-65(45-54(73)2)86(14,15)41-43-88(67,18)19)76-48-60(47-75(93)80(76)91)92(58-33-28-55(29-34-58)82(3,4)5)59-35-30-56(31-36-59)83(6,7)8/h24-39,44-52H,40-43H2,1-23H3. The van der Waals surface area contributed by atoms with E-state index in [0.29, 0.717) is 0 Å². The van der Waals surface area contributed by atoms with E-state index in [-0.39, 0.29) is 55.4 Å². The van der Waals surface area contributed by atoms with Gasteiger partial charge in [0.1, 0.15) is 0 Å². The summed E-state index contributed by atoms with van der Waals surface area (Å²) >= 11 is 1.96. The highest BCUT2D eigenvalue weighted by Gasteiger charge is 2.50. The molecule has 0 amide bonds. The Morgan fingerprint density at radius 3 is 1.25 bits per heavy atom. The molecule has 15 rings (SSSR count). The molecular formula is C90H102BN3S. The number of hydrogen-bond donors (Lipinski definition) is 0. The van der Waals surface area contributed by atoms with E-state index in [9.17, 15) is 0 Å². The lowest BCUT2D eigenvalue weighted by Gasteiger charge is -2.49. The average molecular weight is 1270 g/mol. The monoisotopic (exact) mass is 1270 g/mol. The second-order valence-electron chi connectivity index (χ2n) is 36.5. The zero-order chi connectivity index (χ0) is 67.8. The lowest BCUT2D eigenvalue weighted by molar-refractivity contribution is 0.332. The van der Waals surface area contributed by atoms with Gasteiger partial charge in [0.2, 0.25) is 0 Å². The van der Waals surface area contributed by atoms with Crippen LogP contribution in [0.25, 0.3) is 20.2 Å². The van der Waals surface area contributed by atoms with Crippen molar-refractivity contribution in [3.8, 4) is 0 Å². The normalized spacial score (nSPS) is 18.3. The van der Waals surface area contributed by atoms with Crippen molar-refractivity contribution < 1.29 is 0 Å². The van der Waals surface area contributed by atoms with Crippen molar-refractivity contribution in [2.24, 2.45) is 0 Å². The molecule has 5 heteroatoms. The van der Waals surface area contributed by atoms with E-state index in [4.69, 9.17) is 0 Å². The summed E-state index contributed by atoms with van der Waals surface area (Å²) in [7, 11) is 0. The number of anilines is 9. The van der Waals surface area contributed by atoms with Crippen molar-refractivity contribution in [1.82, 2.24) is 0 Å². The van der Waals surface area contributed by atoms with Crippen LogP contribution in [0.5, 0.6) is 0 Å². The molecule has 3 heterocycles. The summed E-state index contributed by atoms with van der Waals surface area (Å²) in [5, 5.41) is 2.69. The number of hydrogen-bond acceptors (Lipinski definition) is 4. The first-order valence-corrected chi connectivity index (χ1v) is 36.5. The zero-order valence-corrected chi connectivity index (χ0v) is 62.4. The van der Waals surface area contributed by atoms with Crippen molar-refractivity contribution in [3.05, 3.63) is 224 Å². The topological polar surface area (TPSA) is 9.72 Å². The quantitative estimate of drug-likeness (QED) is 0.159. The largest absolute Gasteiger partial charge is 0.311 e. The minimum absolute atomic E-state index is 0.0204. The molecule has 9 aromatic carbocycles. The third kappa shape index (κ3) is 9.65. The van der Waals surface area contributed by atoms with Crippen molar-refractivity contribution >= 4 is 106 Å². The maximum Gasteiger partial charge on any atom is 0.252 e. The molecule has 0 N–H and O–H groups in total. The molecule has 3 aliphatic carbocycles. The number of aryl methyl sites for hydroxylation is 2. The van der Waals surface area contributed by atoms with Crippen LogP contribution in [-0.4, -0.2) is 6.71 Å². The van der Waals surface area contributed by atoms with Crippen LogP contribution in [0.4, 0.5) is 51.2 Å². The van der Waals surface area contributed by atoms with Gasteiger partial charge in [-0.15, -0.1) is 11.3 Å². The predicted molar refractivity (Wildman–Crippen MR) is 415 cm³/mol. The fourth-order valence-corrected chi connectivity index (χ4v) is 19.0. The Hall–Kier alpha value is -7.34. The summed E-state index contributed by atoms with van der Waals surface area (Å²) in [6.07, 6.45) is 4.58. The lowest BCUT2D eigenvalue weighted by atomic mass is 9.33. The Balaban J connectivity index is 1.16. The molecule has 5 aliphatic rings. The third-order valence-electron chi connectivity index (χ3n) is 24.3. The Morgan fingerprint density at radius 2 is 0.779 bits per heavy atom. The predicted octanol–water partition coefficient (Wildman–Crippen LogP) is 23.8. The van der Waals surface area contributed by atoms with Gasteiger partial charge in [-0.1, -0.05) is 224 Å². The number of fused-ring (bicyclic) bond motifs is 12. The molecule has 0 spiro atoms. The molecule has 486 valence electrons. The van der Waals surface area contributed by atoms with Gasteiger partial charge < -0.3 is 14.7 Å². The highest BCUT2D eigenvalue weighted by atomic mass is 32.1. The first kappa shape index (κ1) is 63.7. The molecule has 0 saturated carbocycles. The van der Waals surface area contributed by atoms with Gasteiger partial charge in [-0.3, -0.25) is 0 Å². The molecule has 0 radical (unpaired) electrons. The highest BCUT2D eigenvalue weighted by molar-refractivity contribution is 7.26. The van der Waals surface area contributed by atoms with E-state index in [2.05, 4.69) is 326 Å². The van der Waals surface area contributed by atoms with E-state index < -0.39 is 0 Å². The molecule has 0 saturated heterocycles. The Kier molecular flexibility index (Phi) is 13.8. The first-order chi connectivity index (χ1) is 44.3. The van der Waals surface area contributed by atoms with Crippen molar-refractivity contribution in [2.75, 3.05) is 14.7 Å². The molecule has 10 aromatic rings. The maximum atomic E-state index is 2.83. The van der Waals surface area contributed by atoms with E-state index in [1.54, 1.807) is 0 Å². The number of benzene rings is 9. The molecule has 1 aromatic heterocycles. The Labute approximate surface area is 574 Å². The van der Waals surface area contributed by atoms with Gasteiger partial charge >= 0.3 is 0 Å². The summed E-state index contributed by atoms with van der Waals surface area (Å²) in [4.78, 5) is 8.23. The van der Waals surface area contributed by atoms with Gasteiger partial charge in [-0.2, -0.15) is 0 Å². The minimum Gasteiger partial charge on any atom is -0.311 e. The van der Waals surface area contributed by atoms with Gasteiger partial charge in [0.15, 0.2) is 0 Å². The molecule has 2 aliphatic heterocycles. The molecule has 0 atom stereocenters. The molecule has 0 unspecified atom stereocenters. The average Bonchev–Trinajstić information content (AvgIpc) is 1.42. The van der Waals surface area contributed by atoms with Crippen LogP contribution >= 0.6 is 11.3 Å². The number of nitrogens with zero attached hydrogens (tertiary/aromatic N) is 3. The van der Waals surface area contributed by atoms with Crippen LogP contribution in [0.15, 0.2) is 152 Å². The van der Waals surface area contributed by atoms with Crippen molar-refractivity contribution in [2.45, 2.75) is 234 Å². The lowest BCUT2D eigenvalue weighted by Crippen LogP contribution is -2.62. The van der Waals surface area contributed by atoms with Gasteiger partial charge in [0.25, 0.3) is 6.71 Å². The van der Waals surface area contributed by atoms with Crippen LogP contribution in [0.1, 0.15) is 243 Å². The Morgan fingerprint density at radius 1 is 0.368 bits per heavy atom. The molecule has 0 bridgehead atoms. The summed E-state index contributed by atoms with van der Waals surface area (Å²) in [5.74, 6) is 0. The number of thiophene rings is 1. The second kappa shape index (κ2) is 20.6. The molecule has 3 nitrogen and oxygen atoms in total. The van der Waals surface area contributed by atoms with Gasteiger partial charge in [0, 0.05) is 70.8 Å². The zero-order valence-electron chi connectivity index (χ0n) is 61.6. The van der Waals surface area contributed by atoms with E-state index in [1.807, 2.05) is 11.3 Å². The summed E-state index contributed by atoms with van der Waals surface area (Å²) < 4.78 is 2.65. The van der Waals surface area contributed by atoms with Crippen LogP contribution in [0.3, 0.4) is 0 Å². The van der Waals surface area contributed by atoms with Crippen molar-refractivity contribution in [3.63, 3.8) is 0 Å². The fraction of sp³-hybridized carbons (Fsp3) is 0.400. The Bertz CT molecular complexity index is 4810. The summed E-state index contributed by atoms with van der Waals surface area (Å²) in [6.45, 7) is 55.8. The third-order valence-corrected chi connectivity index (χ3v) is 25.5. The summed E-state index contributed by atoms with van der Waals surface area (Å²) in [5.41, 5.74) is 32.6. The SMILES string of the molecule is Cc1cc2c(cc1N1c3cc4c(cc3B3c5ccc6sc7ccc(C(C)(C)C)cc7c6c5N(c5cc6c(cc5C)C(C)(C)CCC6(C)C)c5cc(N(c6ccc(C(C)(C)C)cc6)c6ccc(C(C)(C)C)cc6)cc1c53)C(C)(C)c1ccccc1C4(C)C)C(C)(C)CCC2(C)C. The van der Waals surface area contributed by atoms with Crippen molar-refractivity contribution in [1.29, 1.82) is 0 Å². The van der Waals surface area contributed by atoms with E-state index >= 15 is 0 Å². The van der Waals surface area contributed by atoms with Crippen LogP contribution in [-0.2, 0) is 48.7 Å². The number of rotatable bonds is 5. The molecule has 0 fully saturated rings. The van der Waals surface area contributed by atoms with E-state index in [1.165, 1.54) is 143 Å². The molecule has 95 heavy (non-hydrogen) atoms.